The minimum absolute atomic E-state index is 0.336. The topological polar surface area (TPSA) is 90.1 Å². The van der Waals surface area contributed by atoms with Gasteiger partial charge in [-0.2, -0.15) is 0 Å². The van der Waals surface area contributed by atoms with Crippen molar-refractivity contribution in [2.24, 2.45) is 5.11 Å². The average molecular weight is 214 g/mol. The molecule has 0 rings (SSSR count). The second kappa shape index (κ2) is 5.43. The molecule has 1 N–H and O–H groups in total. The highest BCUT2D eigenvalue weighted by atomic mass is 16.6. The summed E-state index contributed by atoms with van der Waals surface area (Å²) in [7, 11) is 0. The standard InChI is InChI=1S/C9H16N3O3/c1-6(7(13)5-11-10)12-8(14)15-9(2,3)4/h6H,5H2,1-4H3,(H,12,14)/q-1. The summed E-state index contributed by atoms with van der Waals surface area (Å²) in [5.41, 5.74) is 7.56. The van der Waals surface area contributed by atoms with E-state index in [1.54, 1.807) is 20.8 Å². The van der Waals surface area contributed by atoms with E-state index >= 15 is 0 Å². The predicted molar refractivity (Wildman–Crippen MR) is 54.5 cm³/mol. The molecule has 6 heteroatoms. The molecule has 0 aliphatic rings. The number of ketones is 1. The maximum atomic E-state index is 11.2. The Bertz CT molecular complexity index is 258. The third kappa shape index (κ3) is 6.59. The van der Waals surface area contributed by atoms with Crippen molar-refractivity contribution in [3.8, 4) is 0 Å². The van der Waals surface area contributed by atoms with Gasteiger partial charge in [0, 0.05) is 0 Å². The normalized spacial score (nSPS) is 12.8. The van der Waals surface area contributed by atoms with Gasteiger partial charge in [-0.3, -0.25) is 4.79 Å². The highest BCUT2D eigenvalue weighted by Gasteiger charge is 2.20. The molecule has 0 saturated heterocycles. The summed E-state index contributed by atoms with van der Waals surface area (Å²) in [4.78, 5) is 22.3. The van der Waals surface area contributed by atoms with Gasteiger partial charge in [0.25, 0.3) is 0 Å². The van der Waals surface area contributed by atoms with Crippen LogP contribution in [0.25, 0.3) is 5.53 Å². The van der Waals surface area contributed by atoms with Crippen LogP contribution in [0, 0.1) is 0 Å². The van der Waals surface area contributed by atoms with Gasteiger partial charge >= 0.3 is 6.09 Å². The number of carbonyl (C=O) groups excluding carboxylic acids is 2. The SMILES string of the molecule is CC(NC(=O)OC(C)(C)C)C(=O)CN=[N-]. The number of Topliss-reactive ketones (excluding diaryl/α,β-unsaturated/α-hetero) is 1. The highest BCUT2D eigenvalue weighted by molar-refractivity contribution is 5.88. The lowest BCUT2D eigenvalue weighted by Gasteiger charge is -2.21. The van der Waals surface area contributed by atoms with E-state index in [1.807, 2.05) is 0 Å². The summed E-state index contributed by atoms with van der Waals surface area (Å²) in [6.45, 7) is 6.33. The summed E-state index contributed by atoms with van der Waals surface area (Å²) in [6.07, 6.45) is -0.665. The van der Waals surface area contributed by atoms with E-state index in [4.69, 9.17) is 10.3 Å². The lowest BCUT2D eigenvalue weighted by molar-refractivity contribution is -0.119. The van der Waals surface area contributed by atoms with Crippen LogP contribution in [0.1, 0.15) is 27.7 Å². The van der Waals surface area contributed by atoms with Crippen LogP contribution >= 0.6 is 0 Å². The summed E-state index contributed by atoms with van der Waals surface area (Å²) < 4.78 is 4.94. The Balaban J connectivity index is 4.07. The molecule has 0 spiro atoms. The summed E-state index contributed by atoms with van der Waals surface area (Å²) in [5.74, 6) is -0.386. The van der Waals surface area contributed by atoms with Crippen LogP contribution in [0.15, 0.2) is 5.11 Å². The monoisotopic (exact) mass is 214 g/mol. The van der Waals surface area contributed by atoms with E-state index < -0.39 is 17.7 Å². The van der Waals surface area contributed by atoms with Crippen LogP contribution < -0.4 is 5.32 Å². The fraction of sp³-hybridized carbons (Fsp3) is 0.778. The molecule has 0 bridgehead atoms. The van der Waals surface area contributed by atoms with Crippen molar-refractivity contribution in [1.29, 1.82) is 0 Å². The average Bonchev–Trinajstić information content (AvgIpc) is 2.00. The highest BCUT2D eigenvalue weighted by Crippen LogP contribution is 2.06. The molecule has 0 heterocycles. The minimum atomic E-state index is -0.726. The van der Waals surface area contributed by atoms with E-state index in [-0.39, 0.29) is 12.3 Å². The van der Waals surface area contributed by atoms with Crippen LogP contribution in [0.5, 0.6) is 0 Å². The Kier molecular flexibility index (Phi) is 4.90. The first-order valence-corrected chi connectivity index (χ1v) is 4.59. The van der Waals surface area contributed by atoms with E-state index in [0.29, 0.717) is 0 Å². The first-order valence-electron chi connectivity index (χ1n) is 4.59. The number of alkyl carbamates (subject to hydrolysis) is 1. The number of ether oxygens (including phenoxy) is 1. The van der Waals surface area contributed by atoms with Gasteiger partial charge in [-0.05, 0) is 27.7 Å². The summed E-state index contributed by atoms with van der Waals surface area (Å²) >= 11 is 0. The third-order valence-corrected chi connectivity index (χ3v) is 1.44. The molecule has 1 amide bonds. The Morgan fingerprint density at radius 1 is 1.47 bits per heavy atom. The van der Waals surface area contributed by atoms with Gasteiger partial charge < -0.3 is 20.7 Å². The quantitative estimate of drug-likeness (QED) is 0.719. The van der Waals surface area contributed by atoms with Crippen molar-refractivity contribution in [2.45, 2.75) is 39.3 Å². The van der Waals surface area contributed by atoms with Crippen molar-refractivity contribution in [3.63, 3.8) is 0 Å². The number of carbonyl (C=O) groups is 2. The zero-order chi connectivity index (χ0) is 12.1. The van der Waals surface area contributed by atoms with Crippen LogP contribution in [-0.4, -0.2) is 30.1 Å². The summed E-state index contributed by atoms with van der Waals surface area (Å²) in [6, 6.07) is -0.726. The van der Waals surface area contributed by atoms with E-state index in [1.165, 1.54) is 6.92 Å². The Labute approximate surface area is 88.9 Å². The molecular weight excluding hydrogens is 198 g/mol. The Hall–Kier alpha value is -1.46. The molecule has 0 aromatic carbocycles. The number of nitrogens with zero attached hydrogens (tertiary/aromatic N) is 2. The molecule has 0 aromatic rings. The molecule has 1 atom stereocenters. The maximum absolute atomic E-state index is 11.2. The molecule has 0 fully saturated rings. The van der Waals surface area contributed by atoms with Crippen LogP contribution in [0.3, 0.4) is 0 Å². The van der Waals surface area contributed by atoms with E-state index in [2.05, 4.69) is 10.4 Å². The molecule has 0 aliphatic carbocycles. The van der Waals surface area contributed by atoms with Crippen molar-refractivity contribution < 1.29 is 14.3 Å². The first kappa shape index (κ1) is 13.5. The molecule has 0 radical (unpaired) electrons. The zero-order valence-electron chi connectivity index (χ0n) is 9.40. The summed E-state index contributed by atoms with van der Waals surface area (Å²) in [5, 5.41) is 5.04. The van der Waals surface area contributed by atoms with Crippen molar-refractivity contribution in [1.82, 2.24) is 5.32 Å². The van der Waals surface area contributed by atoms with Crippen molar-refractivity contribution >= 4 is 11.9 Å². The zero-order valence-corrected chi connectivity index (χ0v) is 9.40. The minimum Gasteiger partial charge on any atom is -0.712 e. The van der Waals surface area contributed by atoms with Gasteiger partial charge in [-0.1, -0.05) is 0 Å². The smallest absolute Gasteiger partial charge is 0.408 e. The van der Waals surface area contributed by atoms with Crippen LogP contribution in [0.2, 0.25) is 0 Å². The number of nitrogens with one attached hydrogen (secondary N) is 1. The van der Waals surface area contributed by atoms with E-state index in [9.17, 15) is 9.59 Å². The maximum Gasteiger partial charge on any atom is 0.408 e. The largest absolute Gasteiger partial charge is 0.712 e. The first-order chi connectivity index (χ1) is 6.76. The van der Waals surface area contributed by atoms with Gasteiger partial charge in [0.05, 0.1) is 12.6 Å². The van der Waals surface area contributed by atoms with Crippen LogP contribution in [-0.2, 0) is 9.53 Å². The molecule has 6 nitrogen and oxygen atoms in total. The second-order valence-electron chi connectivity index (χ2n) is 4.13. The molecule has 0 aliphatic heterocycles. The molecule has 0 saturated carbocycles. The molecule has 0 aromatic heterocycles. The lowest BCUT2D eigenvalue weighted by Crippen LogP contribution is -2.42. The second-order valence-corrected chi connectivity index (χ2v) is 4.13. The van der Waals surface area contributed by atoms with Gasteiger partial charge in [0.15, 0.2) is 5.78 Å². The molecule has 86 valence electrons. The van der Waals surface area contributed by atoms with Gasteiger partial charge in [0.1, 0.15) is 5.60 Å². The number of hydrogen-bond acceptors (Lipinski definition) is 4. The fourth-order valence-corrected chi connectivity index (χ4v) is 0.771. The third-order valence-electron chi connectivity index (χ3n) is 1.44. The molecule has 1 unspecified atom stereocenters. The van der Waals surface area contributed by atoms with Gasteiger partial charge in [-0.25, -0.2) is 4.79 Å². The van der Waals surface area contributed by atoms with Crippen molar-refractivity contribution in [3.05, 3.63) is 5.53 Å². The lowest BCUT2D eigenvalue weighted by atomic mass is 10.2. The molecule has 15 heavy (non-hydrogen) atoms. The number of hydrogen-bond donors (Lipinski definition) is 1. The number of rotatable bonds is 4. The van der Waals surface area contributed by atoms with E-state index in [0.717, 1.165) is 0 Å². The predicted octanol–water partition coefficient (Wildman–Crippen LogP) is 1.49. The van der Waals surface area contributed by atoms with Gasteiger partial charge in [0.2, 0.25) is 0 Å². The van der Waals surface area contributed by atoms with Gasteiger partial charge in [-0.15, -0.1) is 0 Å². The fourth-order valence-electron chi connectivity index (χ4n) is 0.771. The number of amides is 1. The molecular formula is C9H16N3O3-. The van der Waals surface area contributed by atoms with Crippen LogP contribution in [0.4, 0.5) is 4.79 Å². The Morgan fingerprint density at radius 2 is 2.00 bits per heavy atom. The van der Waals surface area contributed by atoms with Crippen molar-refractivity contribution in [2.75, 3.05) is 6.54 Å². The Morgan fingerprint density at radius 3 is 2.40 bits per heavy atom.